The van der Waals surface area contributed by atoms with Gasteiger partial charge >= 0.3 is 6.03 Å². The number of rotatable bonds is 8. The molecule has 192 valence electrons. The van der Waals surface area contributed by atoms with E-state index in [1.54, 1.807) is 42.5 Å². The van der Waals surface area contributed by atoms with Crippen LogP contribution >= 0.6 is 45.2 Å². The maximum atomic E-state index is 12.9. The Morgan fingerprint density at radius 3 is 2.50 bits per heavy atom. The fourth-order valence-electron chi connectivity index (χ4n) is 3.67. The van der Waals surface area contributed by atoms with Crippen molar-refractivity contribution in [3.63, 3.8) is 0 Å². The first-order valence-corrected chi connectivity index (χ1v) is 13.3. The second-order valence-electron chi connectivity index (χ2n) is 8.00. The summed E-state index contributed by atoms with van der Waals surface area (Å²) in [4.78, 5) is 38.7. The topological polar surface area (TPSA) is 121 Å². The van der Waals surface area contributed by atoms with Crippen LogP contribution in [-0.2, 0) is 16.2 Å². The Bertz CT molecular complexity index is 1480. The van der Waals surface area contributed by atoms with Crippen molar-refractivity contribution in [2.45, 2.75) is 6.61 Å². The van der Waals surface area contributed by atoms with Crippen LogP contribution in [0.1, 0.15) is 16.7 Å². The quantitative estimate of drug-likeness (QED) is 0.194. The fourth-order valence-corrected chi connectivity index (χ4v) is 5.80. The van der Waals surface area contributed by atoms with E-state index in [1.165, 1.54) is 7.11 Å². The second-order valence-corrected chi connectivity index (χ2v) is 10.3. The Morgan fingerprint density at radius 1 is 1.11 bits per heavy atom. The van der Waals surface area contributed by atoms with Gasteiger partial charge in [-0.25, -0.2) is 9.69 Å². The van der Waals surface area contributed by atoms with Crippen molar-refractivity contribution in [1.82, 2.24) is 10.2 Å². The van der Waals surface area contributed by atoms with Gasteiger partial charge in [-0.05, 0) is 87.2 Å². The number of anilines is 1. The molecular formula is C27H20I2N4O5. The number of hydrogen-bond acceptors (Lipinski definition) is 6. The van der Waals surface area contributed by atoms with E-state index in [2.05, 4.69) is 61.9 Å². The summed E-state index contributed by atoms with van der Waals surface area (Å²) in [5.41, 5.74) is 2.50. The van der Waals surface area contributed by atoms with Crippen molar-refractivity contribution in [3.8, 4) is 17.6 Å². The lowest BCUT2D eigenvalue weighted by molar-refractivity contribution is -0.127. The molecule has 3 aromatic carbocycles. The maximum absolute atomic E-state index is 12.9. The largest absolute Gasteiger partial charge is 0.495 e. The Balaban J connectivity index is 1.45. The van der Waals surface area contributed by atoms with E-state index < -0.39 is 24.4 Å². The molecule has 11 heteroatoms. The molecule has 0 saturated carbocycles. The van der Waals surface area contributed by atoms with Crippen molar-refractivity contribution in [2.75, 3.05) is 19.0 Å². The van der Waals surface area contributed by atoms with Gasteiger partial charge in [-0.3, -0.25) is 9.59 Å². The molecule has 0 unspecified atom stereocenters. The summed E-state index contributed by atoms with van der Waals surface area (Å²) in [6.45, 7) is -0.220. The molecule has 0 spiro atoms. The van der Waals surface area contributed by atoms with Gasteiger partial charge in [0, 0.05) is 5.56 Å². The minimum Gasteiger partial charge on any atom is -0.495 e. The van der Waals surface area contributed by atoms with Gasteiger partial charge in [-0.1, -0.05) is 30.3 Å². The third kappa shape index (κ3) is 6.25. The van der Waals surface area contributed by atoms with Crippen molar-refractivity contribution < 1.29 is 23.9 Å². The average Bonchev–Trinajstić information content (AvgIpc) is 3.15. The lowest BCUT2D eigenvalue weighted by Gasteiger charge is -2.13. The summed E-state index contributed by atoms with van der Waals surface area (Å²) in [7, 11) is 1.48. The number of urea groups is 1. The number of ether oxygens (including phenoxy) is 2. The molecule has 1 aliphatic heterocycles. The van der Waals surface area contributed by atoms with Crippen LogP contribution in [0.5, 0.6) is 11.5 Å². The molecule has 38 heavy (non-hydrogen) atoms. The Labute approximate surface area is 246 Å². The van der Waals surface area contributed by atoms with Crippen LogP contribution in [0.4, 0.5) is 10.5 Å². The van der Waals surface area contributed by atoms with Gasteiger partial charge < -0.3 is 20.1 Å². The normalized spacial score (nSPS) is 13.7. The first-order chi connectivity index (χ1) is 18.3. The van der Waals surface area contributed by atoms with Crippen molar-refractivity contribution >= 4 is 74.8 Å². The molecule has 1 aliphatic rings. The van der Waals surface area contributed by atoms with Gasteiger partial charge in [0.1, 0.15) is 30.3 Å². The standard InChI is InChI=1S/C27H20I2N4O5/c1-37-23-9-5-4-8-21(23)31-24(34)14-33-26(35)22(32-27(33)36)12-16-10-19(28)25(20(29)11-16)38-15-18-7-3-2-6-17(18)13-30/h2-12H,14-15H2,1H3,(H,31,34)(H,32,36)/b22-12+. The summed E-state index contributed by atoms with van der Waals surface area (Å²) in [6, 6.07) is 19.2. The zero-order chi connectivity index (χ0) is 27.2. The van der Waals surface area contributed by atoms with E-state index >= 15 is 0 Å². The first-order valence-electron chi connectivity index (χ1n) is 11.2. The second kappa shape index (κ2) is 12.3. The fraction of sp³-hybridized carbons (Fsp3) is 0.111. The number of nitrogens with zero attached hydrogens (tertiary/aromatic N) is 2. The number of carbonyl (C=O) groups is 3. The van der Waals surface area contributed by atoms with E-state index in [9.17, 15) is 19.6 Å². The van der Waals surface area contributed by atoms with Crippen LogP contribution in [0, 0.1) is 18.5 Å². The summed E-state index contributed by atoms with van der Waals surface area (Å²) < 4.78 is 12.8. The maximum Gasteiger partial charge on any atom is 0.329 e. The Kier molecular flexibility index (Phi) is 8.85. The molecule has 1 saturated heterocycles. The number of nitrogens with one attached hydrogen (secondary N) is 2. The van der Waals surface area contributed by atoms with E-state index in [0.29, 0.717) is 28.3 Å². The molecule has 0 bridgehead atoms. The summed E-state index contributed by atoms with van der Waals surface area (Å²) in [6.07, 6.45) is 1.55. The Morgan fingerprint density at radius 2 is 1.79 bits per heavy atom. The van der Waals surface area contributed by atoms with E-state index in [0.717, 1.165) is 17.6 Å². The number of amides is 4. The van der Waals surface area contributed by atoms with Crippen LogP contribution < -0.4 is 20.1 Å². The van der Waals surface area contributed by atoms with Crippen LogP contribution in [0.2, 0.25) is 0 Å². The zero-order valence-corrected chi connectivity index (χ0v) is 24.3. The minimum absolute atomic E-state index is 0.0586. The number of methoxy groups -OCH3 is 1. The van der Waals surface area contributed by atoms with Gasteiger partial charge in [0.15, 0.2) is 0 Å². The van der Waals surface area contributed by atoms with Crippen LogP contribution in [-0.4, -0.2) is 36.4 Å². The SMILES string of the molecule is COc1ccccc1NC(=O)CN1C(=O)N/C(=C/c2cc(I)c(OCc3ccccc3C#N)c(I)c2)C1=O. The predicted octanol–water partition coefficient (Wildman–Crippen LogP) is 4.89. The monoisotopic (exact) mass is 734 g/mol. The number of benzene rings is 3. The zero-order valence-electron chi connectivity index (χ0n) is 20.0. The number of carbonyl (C=O) groups excluding carboxylic acids is 3. The van der Waals surface area contributed by atoms with Gasteiger partial charge in [0.2, 0.25) is 5.91 Å². The molecule has 1 fully saturated rings. The lowest BCUT2D eigenvalue weighted by atomic mass is 10.1. The third-order valence-corrected chi connectivity index (χ3v) is 7.09. The van der Waals surface area contributed by atoms with Crippen molar-refractivity contribution in [3.05, 3.63) is 90.2 Å². The molecule has 1 heterocycles. The van der Waals surface area contributed by atoms with Crippen LogP contribution in [0.15, 0.2) is 66.4 Å². The van der Waals surface area contributed by atoms with Gasteiger partial charge in [-0.2, -0.15) is 5.26 Å². The predicted molar refractivity (Wildman–Crippen MR) is 157 cm³/mol. The minimum atomic E-state index is -0.683. The number of halogens is 2. The molecule has 4 rings (SSSR count). The number of imide groups is 1. The van der Waals surface area contributed by atoms with E-state index in [4.69, 9.17) is 9.47 Å². The molecule has 3 aromatic rings. The van der Waals surface area contributed by atoms with Crippen LogP contribution in [0.25, 0.3) is 6.08 Å². The third-order valence-electron chi connectivity index (χ3n) is 5.49. The van der Waals surface area contributed by atoms with Crippen molar-refractivity contribution in [1.29, 1.82) is 5.26 Å². The Hall–Kier alpha value is -3.64. The van der Waals surface area contributed by atoms with Gasteiger partial charge in [-0.15, -0.1) is 0 Å². The molecule has 0 radical (unpaired) electrons. The molecule has 9 nitrogen and oxygen atoms in total. The van der Waals surface area contributed by atoms with E-state index in [1.807, 2.05) is 24.3 Å². The molecule has 0 aromatic heterocycles. The molecule has 4 amide bonds. The number of nitriles is 1. The molecule has 0 atom stereocenters. The molecular weight excluding hydrogens is 714 g/mol. The smallest absolute Gasteiger partial charge is 0.329 e. The number of para-hydroxylation sites is 2. The first kappa shape index (κ1) is 27.4. The van der Waals surface area contributed by atoms with E-state index in [-0.39, 0.29) is 12.3 Å². The van der Waals surface area contributed by atoms with Gasteiger partial charge in [0.05, 0.1) is 31.6 Å². The van der Waals surface area contributed by atoms with Crippen molar-refractivity contribution in [2.24, 2.45) is 0 Å². The highest BCUT2D eigenvalue weighted by molar-refractivity contribution is 14.1. The number of hydrogen-bond donors (Lipinski definition) is 2. The summed E-state index contributed by atoms with van der Waals surface area (Å²) >= 11 is 4.27. The highest BCUT2D eigenvalue weighted by Gasteiger charge is 2.35. The summed E-state index contributed by atoms with van der Waals surface area (Å²) in [5, 5.41) is 14.5. The molecule has 2 N–H and O–H groups in total. The highest BCUT2D eigenvalue weighted by atomic mass is 127. The molecule has 0 aliphatic carbocycles. The lowest BCUT2D eigenvalue weighted by Crippen LogP contribution is -2.38. The summed E-state index contributed by atoms with van der Waals surface area (Å²) in [5.74, 6) is -0.0338. The van der Waals surface area contributed by atoms with Crippen LogP contribution in [0.3, 0.4) is 0 Å². The van der Waals surface area contributed by atoms with Gasteiger partial charge in [0.25, 0.3) is 5.91 Å². The highest BCUT2D eigenvalue weighted by Crippen LogP contribution is 2.31. The average molecular weight is 734 g/mol.